The van der Waals surface area contributed by atoms with Gasteiger partial charge in [-0.3, -0.25) is 4.98 Å². The quantitative estimate of drug-likeness (QED) is 0.0631. The number of aromatic nitrogens is 1. The highest BCUT2D eigenvalue weighted by Gasteiger charge is 2.26. The van der Waals surface area contributed by atoms with Crippen LogP contribution >= 0.6 is 70.5 Å². The van der Waals surface area contributed by atoms with E-state index < -0.39 is 0 Å². The number of pyridine rings is 1. The van der Waals surface area contributed by atoms with Crippen LogP contribution in [0, 0.1) is 0 Å². The summed E-state index contributed by atoms with van der Waals surface area (Å²) in [5.41, 5.74) is 31.0. The monoisotopic (exact) mass is 2110 g/mol. The summed E-state index contributed by atoms with van der Waals surface area (Å²) in [6.07, 6.45) is 3.69. The predicted molar refractivity (Wildman–Crippen MR) is 641 cm³/mol. The third-order valence-electron chi connectivity index (χ3n) is 25.4. The Morgan fingerprint density at radius 1 is 0.144 bits per heavy atom. The molecule has 0 saturated heterocycles. The Kier molecular flexibility index (Phi) is 30.8. The van der Waals surface area contributed by atoms with E-state index in [0.29, 0.717) is 0 Å². The second-order valence-corrected chi connectivity index (χ2v) is 39.6. The number of benzene rings is 21. The van der Waals surface area contributed by atoms with Crippen molar-refractivity contribution in [3.8, 4) is 55.6 Å². The second-order valence-electron chi connectivity index (χ2n) is 34.7. The van der Waals surface area contributed by atoms with Crippen molar-refractivity contribution < 1.29 is 0 Å². The normalized spacial score (nSPS) is 10.8. The third kappa shape index (κ3) is 21.8. The summed E-state index contributed by atoms with van der Waals surface area (Å²) in [5, 5.41) is 5.22. The molecule has 24 aromatic rings. The van der Waals surface area contributed by atoms with Crippen LogP contribution in [0.25, 0.3) is 96.0 Å². The maximum atomic E-state index is 4.28. The topological polar surface area (TPSA) is 32.3 Å². The Balaban J connectivity index is 0.000000140. The second kappa shape index (κ2) is 45.8. The van der Waals surface area contributed by atoms with Crippen LogP contribution in [-0.4, -0.2) is 4.98 Å². The minimum atomic E-state index is 0. The summed E-state index contributed by atoms with van der Waals surface area (Å²) >= 11 is 15.4. The van der Waals surface area contributed by atoms with Crippen molar-refractivity contribution in [1.29, 1.82) is 0 Å². The van der Waals surface area contributed by atoms with Crippen molar-refractivity contribution in [3.63, 3.8) is 0 Å². The van der Waals surface area contributed by atoms with Gasteiger partial charge in [-0.25, -0.2) is 0 Å². The Morgan fingerprint density at radius 3 is 0.671 bits per heavy atom. The molecule has 3 heterocycles. The largest absolute Gasteiger partial charge is 0.310 e. The number of hydrogen-bond donors (Lipinski definition) is 0. The Morgan fingerprint density at radius 2 is 0.363 bits per heavy atom. The van der Waals surface area contributed by atoms with E-state index in [1.807, 2.05) is 53.1 Å². The van der Waals surface area contributed by atoms with Gasteiger partial charge >= 0.3 is 0 Å². The lowest BCUT2D eigenvalue weighted by atomic mass is 9.97. The lowest BCUT2D eigenvalue weighted by molar-refractivity contribution is 1.24. The van der Waals surface area contributed by atoms with Crippen molar-refractivity contribution in [2.75, 3.05) is 29.4 Å². The first-order valence-electron chi connectivity index (χ1n) is 47.5. The lowest BCUT2D eigenvalue weighted by Gasteiger charge is -2.30. The molecule has 12 heteroatoms. The van der Waals surface area contributed by atoms with Crippen LogP contribution in [0.15, 0.2) is 572 Å². The Labute approximate surface area is 889 Å². The highest BCUT2D eigenvalue weighted by Crippen LogP contribution is 2.51. The van der Waals surface area contributed by atoms with Crippen LogP contribution in [0.3, 0.4) is 0 Å². The summed E-state index contributed by atoms with van der Waals surface area (Å²) in [7, 11) is 0. The molecule has 0 aliphatic rings. The zero-order chi connectivity index (χ0) is 96.2. The average molecular weight is 2120 g/mol. The van der Waals surface area contributed by atoms with E-state index in [4.69, 9.17) is 0 Å². The van der Waals surface area contributed by atoms with Crippen LogP contribution in [0.4, 0.5) is 102 Å². The molecule has 3 aromatic heterocycles. The molecule has 0 fully saturated rings. The summed E-state index contributed by atoms with van der Waals surface area (Å²) in [4.78, 5) is 18.2. The van der Waals surface area contributed by atoms with Crippen LogP contribution < -0.4 is 29.4 Å². The molecule has 0 bridgehead atoms. The first-order chi connectivity index (χ1) is 70.6. The van der Waals surface area contributed by atoms with Gasteiger partial charge in [0.2, 0.25) is 0 Å². The van der Waals surface area contributed by atoms with Crippen molar-refractivity contribution >= 4 is 213 Å². The van der Waals surface area contributed by atoms with Crippen LogP contribution in [0.2, 0.25) is 0 Å². The zero-order valence-corrected chi connectivity index (χ0v) is 84.1. The van der Waals surface area contributed by atoms with E-state index >= 15 is 0 Å². The molecule has 0 unspecified atom stereocenters. The summed E-state index contributed by atoms with van der Waals surface area (Å²) in [6.45, 7) is 0. The molecule has 0 N–H and O–H groups in total. The van der Waals surface area contributed by atoms with Gasteiger partial charge in [0.05, 0.1) is 0 Å². The van der Waals surface area contributed by atoms with Gasteiger partial charge in [-0.15, -0.1) is 22.7 Å². The van der Waals surface area contributed by atoms with Crippen molar-refractivity contribution in [1.82, 2.24) is 4.98 Å². The first kappa shape index (κ1) is 98.2. The van der Waals surface area contributed by atoms with E-state index in [1.54, 1.807) is 6.20 Å². The fourth-order valence-electron chi connectivity index (χ4n) is 18.9. The fraction of sp³-hybridized carbons (Fsp3) is 0.0224. The predicted octanol–water partition coefficient (Wildman–Crippen LogP) is 42.5. The smallest absolute Gasteiger partial charge is 0.0493 e. The molecule has 0 atom stereocenters. The standard InChI is InChI=1S/C54H35BrN2S2.C42H31BrN2.C35H26BrN3.3CH4/c55-40-33-45(56(41-15-3-1-4-16-41)43-19-11-13-36(29-43)38-25-27-53-49(31-38)47-21-7-9-23-51(47)58-53)35-46(34-40)57(42-17-5-2-6-18-42)44-20-12-14-37(30-44)39-26-28-54-50(32-39)48-22-8-10-24-52(48)59-54;43-36-29-41(44(37-20-10-3-11-21-37)38-22-12-4-13-23-38)31-42(30-36)45(39-24-14-5-15-25-39)40-27-34(32-16-6-1-7-17-32)26-35(28-40)33-18-8-2-9-19-33;36-29-23-34(38(30-12-4-1-5-13-30)31-14-6-2-7-15-31)25-35(24-29)39(32-16-8-3-9-17-32)33-20-18-27(19-21-33)28-11-10-22-37-26-28;;;/h1-35H;1-31H;1-26H;3*1H4. The zero-order valence-electron chi connectivity index (χ0n) is 77.7. The number of thiophene rings is 2. The molecule has 0 aliphatic carbocycles. The molecule has 0 amide bonds. The number of para-hydroxylation sites is 8. The number of halogens is 3. The maximum Gasteiger partial charge on any atom is 0.0493 e. The van der Waals surface area contributed by atoms with Crippen molar-refractivity contribution in [3.05, 3.63) is 572 Å². The summed E-state index contributed by atoms with van der Waals surface area (Å²) < 4.78 is 8.24. The Hall–Kier alpha value is -16.6. The number of rotatable bonds is 23. The molecule has 0 spiro atoms. The molecule has 7 nitrogen and oxygen atoms in total. The van der Waals surface area contributed by atoms with Crippen molar-refractivity contribution in [2.45, 2.75) is 22.3 Å². The maximum absolute atomic E-state index is 4.28. The van der Waals surface area contributed by atoms with Crippen LogP contribution in [-0.2, 0) is 0 Å². The lowest BCUT2D eigenvalue weighted by Crippen LogP contribution is -2.13. The molecule has 0 aliphatic heterocycles. The minimum Gasteiger partial charge on any atom is -0.310 e. The molecule has 21 aromatic carbocycles. The number of fused-ring (bicyclic) bond motifs is 6. The van der Waals surface area contributed by atoms with Crippen LogP contribution in [0.5, 0.6) is 0 Å². The minimum absolute atomic E-state index is 0. The summed E-state index contributed by atoms with van der Waals surface area (Å²) in [6, 6.07) is 194. The average Bonchev–Trinajstić information content (AvgIpc) is 1.38. The van der Waals surface area contributed by atoms with Crippen LogP contribution in [0.1, 0.15) is 22.3 Å². The molecule has 0 saturated carbocycles. The van der Waals surface area contributed by atoms with E-state index in [0.717, 1.165) is 127 Å². The Bertz CT molecular complexity index is 8140. The van der Waals surface area contributed by atoms with Gasteiger partial charge in [-0.05, 0) is 304 Å². The van der Waals surface area contributed by atoms with E-state index in [9.17, 15) is 0 Å². The summed E-state index contributed by atoms with van der Waals surface area (Å²) in [5.74, 6) is 0. The number of hydrogen-bond acceptors (Lipinski definition) is 9. The van der Waals surface area contributed by atoms with Gasteiger partial charge < -0.3 is 29.4 Å². The molecule has 146 heavy (non-hydrogen) atoms. The molecule has 708 valence electrons. The van der Waals surface area contributed by atoms with Gasteiger partial charge in [0.1, 0.15) is 0 Å². The van der Waals surface area contributed by atoms with E-state index in [1.165, 1.54) is 84.9 Å². The molecule has 24 rings (SSSR count). The number of nitrogens with zero attached hydrogens (tertiary/aromatic N) is 7. The third-order valence-corrected chi connectivity index (χ3v) is 29.1. The SMILES string of the molecule is Brc1cc(N(c2ccccc2)c2cccc(-c3ccc4sc5ccccc5c4c3)c2)cc(N(c2ccccc2)c2cccc(-c3ccc4sc5ccccc5c4c3)c2)c1.Brc1cc(N(c2ccccc2)c2ccccc2)cc(N(c2ccccc2)c2cc(-c3ccccc3)cc(-c3ccccc3)c2)c1.Brc1cc(N(c2ccccc2)c2ccccc2)cc(N(c2ccccc2)c2ccc(-c3cccnc3)cc2)c1.C.C.C. The van der Waals surface area contributed by atoms with Gasteiger partial charge in [0.15, 0.2) is 0 Å². The van der Waals surface area contributed by atoms with E-state index in [-0.39, 0.29) is 22.3 Å². The van der Waals surface area contributed by atoms with E-state index in [2.05, 4.69) is 604 Å². The number of anilines is 18. The van der Waals surface area contributed by atoms with Gasteiger partial charge in [0, 0.05) is 169 Å². The molecular formula is C134H104Br3N7S2. The van der Waals surface area contributed by atoms with Gasteiger partial charge in [0.25, 0.3) is 0 Å². The first-order valence-corrected chi connectivity index (χ1v) is 51.6. The highest BCUT2D eigenvalue weighted by atomic mass is 79.9. The highest BCUT2D eigenvalue weighted by molar-refractivity contribution is 9.11. The molecule has 0 radical (unpaired) electrons. The van der Waals surface area contributed by atoms with Gasteiger partial charge in [-0.1, -0.05) is 367 Å². The fourth-order valence-corrected chi connectivity index (χ4v) is 22.5. The van der Waals surface area contributed by atoms with Crippen molar-refractivity contribution in [2.24, 2.45) is 0 Å². The molecular weight excluding hydrogens is 2010 g/mol. The van der Waals surface area contributed by atoms with Gasteiger partial charge in [-0.2, -0.15) is 0 Å².